The Labute approximate surface area is 91.6 Å². The second kappa shape index (κ2) is 6.80. The summed E-state index contributed by atoms with van der Waals surface area (Å²) in [7, 11) is 1.70. The summed E-state index contributed by atoms with van der Waals surface area (Å²) in [5.74, 6) is 0.397. The van der Waals surface area contributed by atoms with Gasteiger partial charge in [0, 0.05) is 19.6 Å². The lowest BCUT2D eigenvalue weighted by Gasteiger charge is -2.30. The second-order valence-corrected chi connectivity index (χ2v) is 4.16. The van der Waals surface area contributed by atoms with Crippen molar-refractivity contribution in [1.29, 1.82) is 0 Å². The quantitative estimate of drug-likeness (QED) is 0.644. The summed E-state index contributed by atoms with van der Waals surface area (Å²) in [4.78, 5) is 13.8. The molecule has 1 amide bonds. The highest BCUT2D eigenvalue weighted by Gasteiger charge is 2.23. The van der Waals surface area contributed by atoms with Gasteiger partial charge in [0.05, 0.1) is 0 Å². The zero-order chi connectivity index (χ0) is 11.1. The molecule has 0 bridgehead atoms. The van der Waals surface area contributed by atoms with Gasteiger partial charge in [-0.2, -0.15) is 0 Å². The Balaban J connectivity index is 2.15. The predicted octanol–water partition coefficient (Wildman–Crippen LogP) is 0.217. The van der Waals surface area contributed by atoms with Gasteiger partial charge in [0.25, 0.3) is 0 Å². The predicted molar refractivity (Wildman–Crippen MR) is 59.6 cm³/mol. The lowest BCUT2D eigenvalue weighted by molar-refractivity contribution is -0.125. The number of carbonyl (C=O) groups excluding carboxylic acids is 1. The number of unbranched alkanes of at least 4 members (excludes halogenated alkanes) is 1. The molecule has 0 unspecified atom stereocenters. The molecule has 0 aromatic heterocycles. The summed E-state index contributed by atoms with van der Waals surface area (Å²) in [5, 5.41) is 11.4. The van der Waals surface area contributed by atoms with Crippen LogP contribution in [0.5, 0.6) is 0 Å². The molecule has 1 saturated heterocycles. The van der Waals surface area contributed by atoms with Gasteiger partial charge in [-0.15, -0.1) is 0 Å². The van der Waals surface area contributed by atoms with Crippen molar-refractivity contribution in [3.05, 3.63) is 0 Å². The van der Waals surface area contributed by atoms with E-state index in [9.17, 15) is 4.79 Å². The van der Waals surface area contributed by atoms with Crippen molar-refractivity contribution in [2.24, 2.45) is 5.92 Å². The van der Waals surface area contributed by atoms with E-state index in [2.05, 4.69) is 10.2 Å². The van der Waals surface area contributed by atoms with Crippen LogP contribution in [0.4, 0.5) is 0 Å². The van der Waals surface area contributed by atoms with E-state index < -0.39 is 0 Å². The fraction of sp³-hybridized carbons (Fsp3) is 0.909. The van der Waals surface area contributed by atoms with E-state index in [1.165, 1.54) is 0 Å². The van der Waals surface area contributed by atoms with Crippen molar-refractivity contribution in [2.75, 3.05) is 33.3 Å². The minimum Gasteiger partial charge on any atom is -0.396 e. The smallest absolute Gasteiger partial charge is 0.222 e. The van der Waals surface area contributed by atoms with Crippen LogP contribution in [-0.4, -0.2) is 49.2 Å². The molecule has 0 aromatic rings. The molecule has 15 heavy (non-hydrogen) atoms. The molecule has 0 aliphatic carbocycles. The lowest BCUT2D eigenvalue weighted by atomic mass is 9.96. The number of rotatable bonds is 5. The number of carbonyl (C=O) groups is 1. The van der Waals surface area contributed by atoms with Crippen molar-refractivity contribution in [1.82, 2.24) is 10.2 Å². The maximum Gasteiger partial charge on any atom is 0.222 e. The van der Waals surface area contributed by atoms with E-state index in [4.69, 9.17) is 5.11 Å². The minimum atomic E-state index is 0.185. The van der Waals surface area contributed by atoms with E-state index in [0.29, 0.717) is 0 Å². The summed E-state index contributed by atoms with van der Waals surface area (Å²) in [6.45, 7) is 3.38. The summed E-state index contributed by atoms with van der Waals surface area (Å²) in [6.07, 6.45) is 3.88. The number of aliphatic hydroxyl groups is 1. The average Bonchev–Trinajstić information content (AvgIpc) is 2.29. The average molecular weight is 214 g/mol. The highest BCUT2D eigenvalue weighted by molar-refractivity contribution is 5.78. The van der Waals surface area contributed by atoms with Crippen LogP contribution in [0.2, 0.25) is 0 Å². The molecule has 0 radical (unpaired) electrons. The number of hydrogen-bond donors (Lipinski definition) is 2. The zero-order valence-corrected chi connectivity index (χ0v) is 9.54. The van der Waals surface area contributed by atoms with Crippen molar-refractivity contribution < 1.29 is 9.90 Å². The third-order valence-corrected chi connectivity index (χ3v) is 3.09. The van der Waals surface area contributed by atoms with Crippen LogP contribution in [0, 0.1) is 5.92 Å². The Bertz CT molecular complexity index is 189. The number of likely N-dealkylation sites (tertiary alicyclic amines) is 1. The molecular formula is C11H22N2O2. The number of nitrogens with one attached hydrogen (secondary N) is 1. The molecule has 1 aliphatic heterocycles. The summed E-state index contributed by atoms with van der Waals surface area (Å²) in [5.41, 5.74) is 0. The molecule has 1 aliphatic rings. The third kappa shape index (κ3) is 4.18. The van der Waals surface area contributed by atoms with Crippen molar-refractivity contribution in [3.8, 4) is 0 Å². The minimum absolute atomic E-state index is 0.185. The first-order chi connectivity index (χ1) is 7.27. The maximum atomic E-state index is 11.4. The van der Waals surface area contributed by atoms with Crippen LogP contribution in [0.1, 0.15) is 25.7 Å². The normalized spacial score (nSPS) is 19.1. The van der Waals surface area contributed by atoms with Gasteiger partial charge in [0.2, 0.25) is 5.91 Å². The van der Waals surface area contributed by atoms with Crippen LogP contribution < -0.4 is 5.32 Å². The standard InChI is InChI=1S/C11H22N2O2/c1-12-11(15)10-4-7-13(8-5-10)6-2-3-9-14/h10,14H,2-9H2,1H3,(H,12,15). The third-order valence-electron chi connectivity index (χ3n) is 3.09. The van der Waals surface area contributed by atoms with E-state index in [-0.39, 0.29) is 18.4 Å². The molecule has 0 saturated carbocycles. The van der Waals surface area contributed by atoms with Crippen LogP contribution in [-0.2, 0) is 4.79 Å². The molecule has 1 heterocycles. The molecule has 88 valence electrons. The molecule has 0 atom stereocenters. The molecule has 2 N–H and O–H groups in total. The van der Waals surface area contributed by atoms with Gasteiger partial charge in [0.1, 0.15) is 0 Å². The number of nitrogens with zero attached hydrogens (tertiary/aromatic N) is 1. The Kier molecular flexibility index (Phi) is 5.65. The molecular weight excluding hydrogens is 192 g/mol. The van der Waals surface area contributed by atoms with Gasteiger partial charge in [-0.05, 0) is 45.3 Å². The molecule has 4 heteroatoms. The van der Waals surface area contributed by atoms with E-state index >= 15 is 0 Å². The van der Waals surface area contributed by atoms with Crippen LogP contribution in [0.25, 0.3) is 0 Å². The molecule has 1 fully saturated rings. The first-order valence-corrected chi connectivity index (χ1v) is 5.82. The van der Waals surface area contributed by atoms with Gasteiger partial charge in [-0.25, -0.2) is 0 Å². The Morgan fingerprint density at radius 1 is 1.40 bits per heavy atom. The van der Waals surface area contributed by atoms with Gasteiger partial charge >= 0.3 is 0 Å². The van der Waals surface area contributed by atoms with Crippen LogP contribution >= 0.6 is 0 Å². The van der Waals surface area contributed by atoms with Gasteiger partial charge < -0.3 is 15.3 Å². The topological polar surface area (TPSA) is 52.6 Å². The Hall–Kier alpha value is -0.610. The number of piperidine rings is 1. The second-order valence-electron chi connectivity index (χ2n) is 4.16. The summed E-state index contributed by atoms with van der Waals surface area (Å²) >= 11 is 0. The fourth-order valence-electron chi connectivity index (χ4n) is 2.07. The first kappa shape index (κ1) is 12.5. The van der Waals surface area contributed by atoms with Gasteiger partial charge in [-0.3, -0.25) is 4.79 Å². The number of hydrogen-bond acceptors (Lipinski definition) is 3. The maximum absolute atomic E-state index is 11.4. The molecule has 0 aromatic carbocycles. The van der Waals surface area contributed by atoms with Crippen molar-refractivity contribution in [2.45, 2.75) is 25.7 Å². The Morgan fingerprint density at radius 2 is 2.07 bits per heavy atom. The van der Waals surface area contributed by atoms with Gasteiger partial charge in [0.15, 0.2) is 0 Å². The molecule has 0 spiro atoms. The van der Waals surface area contributed by atoms with E-state index in [1.54, 1.807) is 7.05 Å². The SMILES string of the molecule is CNC(=O)C1CCN(CCCCO)CC1. The summed E-state index contributed by atoms with van der Waals surface area (Å²) < 4.78 is 0. The van der Waals surface area contributed by atoms with E-state index in [0.717, 1.165) is 45.3 Å². The highest BCUT2D eigenvalue weighted by atomic mass is 16.2. The molecule has 4 nitrogen and oxygen atoms in total. The number of aliphatic hydroxyl groups excluding tert-OH is 1. The highest BCUT2D eigenvalue weighted by Crippen LogP contribution is 2.17. The van der Waals surface area contributed by atoms with Crippen LogP contribution in [0.15, 0.2) is 0 Å². The van der Waals surface area contributed by atoms with Crippen molar-refractivity contribution in [3.63, 3.8) is 0 Å². The first-order valence-electron chi connectivity index (χ1n) is 5.82. The molecule has 1 rings (SSSR count). The monoisotopic (exact) mass is 214 g/mol. The Morgan fingerprint density at radius 3 is 2.60 bits per heavy atom. The van der Waals surface area contributed by atoms with E-state index in [1.807, 2.05) is 0 Å². The zero-order valence-electron chi connectivity index (χ0n) is 9.54. The van der Waals surface area contributed by atoms with Crippen LogP contribution in [0.3, 0.4) is 0 Å². The van der Waals surface area contributed by atoms with Gasteiger partial charge in [-0.1, -0.05) is 0 Å². The largest absolute Gasteiger partial charge is 0.396 e. The van der Waals surface area contributed by atoms with Crippen molar-refractivity contribution >= 4 is 5.91 Å². The number of amides is 1. The lowest BCUT2D eigenvalue weighted by Crippen LogP contribution is -2.39. The fourth-order valence-corrected chi connectivity index (χ4v) is 2.07. The summed E-state index contributed by atoms with van der Waals surface area (Å²) in [6, 6.07) is 0.